The molecule has 1 aromatic carbocycles. The molecule has 1 aliphatic carbocycles. The molecular weight excluding hydrogens is 270 g/mol. The summed E-state index contributed by atoms with van der Waals surface area (Å²) in [6, 6.07) is 8.54. The van der Waals surface area contributed by atoms with Crippen LogP contribution in [0.1, 0.15) is 41.6 Å². The lowest BCUT2D eigenvalue weighted by molar-refractivity contribution is 0.0923. The van der Waals surface area contributed by atoms with E-state index in [1.165, 1.54) is 0 Å². The van der Waals surface area contributed by atoms with Crippen molar-refractivity contribution in [3.63, 3.8) is 0 Å². The van der Waals surface area contributed by atoms with E-state index >= 15 is 0 Å². The fraction of sp³-hybridized carbons (Fsp3) is 0.400. The largest absolute Gasteiger partial charge is 0.465 e. The first-order valence-corrected chi connectivity index (χ1v) is 6.89. The van der Waals surface area contributed by atoms with E-state index in [0.717, 1.165) is 25.7 Å². The fourth-order valence-electron chi connectivity index (χ4n) is 2.52. The zero-order chi connectivity index (χ0) is 15.2. The number of hydrogen-bond donors (Lipinski definition) is 3. The molecule has 2 amide bonds. The van der Waals surface area contributed by atoms with Crippen LogP contribution in [0.4, 0.5) is 4.79 Å². The van der Waals surface area contributed by atoms with Crippen molar-refractivity contribution < 1.29 is 14.7 Å². The molecule has 0 bridgehead atoms. The van der Waals surface area contributed by atoms with Gasteiger partial charge in [-0.3, -0.25) is 4.79 Å². The van der Waals surface area contributed by atoms with Crippen LogP contribution in [0, 0.1) is 11.3 Å². The first kappa shape index (κ1) is 14.9. The Balaban J connectivity index is 1.84. The van der Waals surface area contributed by atoms with Gasteiger partial charge in [0.15, 0.2) is 0 Å². The summed E-state index contributed by atoms with van der Waals surface area (Å²) in [6.45, 7) is 0. The summed E-state index contributed by atoms with van der Waals surface area (Å²) in [7, 11) is 0. The Labute approximate surface area is 122 Å². The maximum Gasteiger partial charge on any atom is 0.404 e. The van der Waals surface area contributed by atoms with Gasteiger partial charge in [-0.25, -0.2) is 4.79 Å². The lowest BCUT2D eigenvalue weighted by atomic mass is 9.91. The predicted molar refractivity (Wildman–Crippen MR) is 75.8 cm³/mol. The number of carbonyl (C=O) groups is 2. The Morgan fingerprint density at radius 3 is 2.05 bits per heavy atom. The Hall–Kier alpha value is -2.55. The highest BCUT2D eigenvalue weighted by Crippen LogP contribution is 2.19. The molecule has 1 aromatic rings. The third-order valence-electron chi connectivity index (χ3n) is 3.67. The van der Waals surface area contributed by atoms with E-state index in [1.807, 2.05) is 6.07 Å². The zero-order valence-corrected chi connectivity index (χ0v) is 11.5. The quantitative estimate of drug-likeness (QED) is 0.789. The van der Waals surface area contributed by atoms with Crippen LogP contribution in [0.2, 0.25) is 0 Å². The average molecular weight is 287 g/mol. The first-order chi connectivity index (χ1) is 10.1. The molecule has 0 radical (unpaired) electrons. The fourth-order valence-corrected chi connectivity index (χ4v) is 2.52. The first-order valence-electron chi connectivity index (χ1n) is 6.89. The number of hydrogen-bond acceptors (Lipinski definition) is 3. The minimum atomic E-state index is -1.000. The third kappa shape index (κ3) is 4.21. The maximum atomic E-state index is 12.1. The number of carbonyl (C=O) groups excluding carboxylic acids is 1. The van der Waals surface area contributed by atoms with Crippen molar-refractivity contribution in [3.8, 4) is 6.07 Å². The van der Waals surface area contributed by atoms with Crippen LogP contribution in [-0.4, -0.2) is 29.2 Å². The molecular formula is C15H17N3O3. The molecule has 110 valence electrons. The summed E-state index contributed by atoms with van der Waals surface area (Å²) < 4.78 is 0. The summed E-state index contributed by atoms with van der Waals surface area (Å²) >= 11 is 0. The standard InChI is InChI=1S/C15H17N3O3/c16-9-10-1-3-11(4-2-10)14(19)17-12-5-7-13(8-6-12)18-15(20)21/h1-4,12-13,18H,5-8H2,(H,17,19)(H,20,21). The predicted octanol–water partition coefficient (Wildman–Crippen LogP) is 1.87. The second-order valence-corrected chi connectivity index (χ2v) is 5.16. The van der Waals surface area contributed by atoms with Gasteiger partial charge in [0.2, 0.25) is 0 Å². The molecule has 0 aliphatic heterocycles. The van der Waals surface area contributed by atoms with Crippen molar-refractivity contribution in [2.45, 2.75) is 37.8 Å². The van der Waals surface area contributed by atoms with Crippen LogP contribution in [0.15, 0.2) is 24.3 Å². The molecule has 1 aliphatic rings. The van der Waals surface area contributed by atoms with E-state index in [-0.39, 0.29) is 18.0 Å². The molecule has 1 fully saturated rings. The van der Waals surface area contributed by atoms with Crippen LogP contribution >= 0.6 is 0 Å². The molecule has 0 heterocycles. The SMILES string of the molecule is N#Cc1ccc(C(=O)NC2CCC(NC(=O)O)CC2)cc1. The van der Waals surface area contributed by atoms with Gasteiger partial charge in [-0.05, 0) is 49.9 Å². The summed E-state index contributed by atoms with van der Waals surface area (Å²) in [4.78, 5) is 22.6. The van der Waals surface area contributed by atoms with Crippen LogP contribution in [0.3, 0.4) is 0 Å². The van der Waals surface area contributed by atoms with Crippen molar-refractivity contribution in [3.05, 3.63) is 35.4 Å². The molecule has 21 heavy (non-hydrogen) atoms. The van der Waals surface area contributed by atoms with Gasteiger partial charge in [-0.15, -0.1) is 0 Å². The van der Waals surface area contributed by atoms with Crippen LogP contribution in [0.25, 0.3) is 0 Å². The summed E-state index contributed by atoms with van der Waals surface area (Å²) in [6.07, 6.45) is 1.97. The summed E-state index contributed by atoms with van der Waals surface area (Å²) in [5.74, 6) is -0.158. The number of nitrogens with zero attached hydrogens (tertiary/aromatic N) is 1. The highest BCUT2D eigenvalue weighted by molar-refractivity contribution is 5.94. The molecule has 0 unspecified atom stereocenters. The normalized spacial score (nSPS) is 21.1. The number of rotatable bonds is 3. The number of carboxylic acid groups (broad SMARTS) is 1. The monoisotopic (exact) mass is 287 g/mol. The molecule has 3 N–H and O–H groups in total. The maximum absolute atomic E-state index is 12.1. The molecule has 6 nitrogen and oxygen atoms in total. The Bertz CT molecular complexity index is 555. The van der Waals surface area contributed by atoms with E-state index < -0.39 is 6.09 Å². The second-order valence-electron chi connectivity index (χ2n) is 5.16. The molecule has 0 spiro atoms. The van der Waals surface area contributed by atoms with E-state index in [0.29, 0.717) is 11.1 Å². The molecule has 0 aromatic heterocycles. The highest BCUT2D eigenvalue weighted by Gasteiger charge is 2.23. The Morgan fingerprint density at radius 2 is 1.57 bits per heavy atom. The van der Waals surface area contributed by atoms with Gasteiger partial charge in [-0.2, -0.15) is 5.26 Å². The highest BCUT2D eigenvalue weighted by atomic mass is 16.4. The van der Waals surface area contributed by atoms with Crippen molar-refractivity contribution in [1.29, 1.82) is 5.26 Å². The minimum absolute atomic E-state index is 0.0226. The van der Waals surface area contributed by atoms with Gasteiger partial charge in [0, 0.05) is 17.6 Å². The number of benzene rings is 1. The molecule has 6 heteroatoms. The number of nitriles is 1. The Kier molecular flexibility index (Phi) is 4.77. The van der Waals surface area contributed by atoms with Crippen LogP contribution < -0.4 is 10.6 Å². The lowest BCUT2D eigenvalue weighted by Gasteiger charge is -2.28. The molecule has 1 saturated carbocycles. The number of nitrogens with one attached hydrogen (secondary N) is 2. The van der Waals surface area contributed by atoms with Gasteiger partial charge in [-0.1, -0.05) is 0 Å². The summed E-state index contributed by atoms with van der Waals surface area (Å²) in [5.41, 5.74) is 1.05. The Morgan fingerprint density at radius 1 is 1.05 bits per heavy atom. The van der Waals surface area contributed by atoms with Gasteiger partial charge in [0.25, 0.3) is 5.91 Å². The van der Waals surface area contributed by atoms with Crippen molar-refractivity contribution in [1.82, 2.24) is 10.6 Å². The van der Waals surface area contributed by atoms with Crippen LogP contribution in [-0.2, 0) is 0 Å². The smallest absolute Gasteiger partial charge is 0.404 e. The topological polar surface area (TPSA) is 102 Å². The van der Waals surface area contributed by atoms with Gasteiger partial charge < -0.3 is 15.7 Å². The van der Waals surface area contributed by atoms with E-state index in [9.17, 15) is 9.59 Å². The van der Waals surface area contributed by atoms with E-state index in [4.69, 9.17) is 10.4 Å². The van der Waals surface area contributed by atoms with Crippen molar-refractivity contribution >= 4 is 12.0 Å². The zero-order valence-electron chi connectivity index (χ0n) is 11.5. The van der Waals surface area contributed by atoms with E-state index in [2.05, 4.69) is 10.6 Å². The average Bonchev–Trinajstić information content (AvgIpc) is 2.49. The summed E-state index contributed by atoms with van der Waals surface area (Å²) in [5, 5.41) is 22.8. The second kappa shape index (κ2) is 6.75. The third-order valence-corrected chi connectivity index (χ3v) is 3.67. The van der Waals surface area contributed by atoms with Gasteiger partial charge >= 0.3 is 6.09 Å². The van der Waals surface area contributed by atoms with Crippen molar-refractivity contribution in [2.24, 2.45) is 0 Å². The molecule has 0 atom stereocenters. The van der Waals surface area contributed by atoms with E-state index in [1.54, 1.807) is 24.3 Å². The van der Waals surface area contributed by atoms with Gasteiger partial charge in [0.05, 0.1) is 11.6 Å². The van der Waals surface area contributed by atoms with Crippen LogP contribution in [0.5, 0.6) is 0 Å². The number of amides is 2. The lowest BCUT2D eigenvalue weighted by Crippen LogP contribution is -2.43. The minimum Gasteiger partial charge on any atom is -0.465 e. The van der Waals surface area contributed by atoms with Gasteiger partial charge in [0.1, 0.15) is 0 Å². The molecule has 2 rings (SSSR count). The van der Waals surface area contributed by atoms with Crippen molar-refractivity contribution in [2.75, 3.05) is 0 Å². The molecule has 0 saturated heterocycles.